The van der Waals surface area contributed by atoms with Gasteiger partial charge in [-0.15, -0.1) is 0 Å². The zero-order chi connectivity index (χ0) is 14.0. The van der Waals surface area contributed by atoms with Crippen LogP contribution in [0.5, 0.6) is 5.75 Å². The molecule has 0 saturated heterocycles. The van der Waals surface area contributed by atoms with Crippen LogP contribution >= 0.6 is 0 Å². The Balaban J connectivity index is 2.57. The summed E-state index contributed by atoms with van der Waals surface area (Å²) < 4.78 is 42.7. The molecule has 6 heteroatoms. The van der Waals surface area contributed by atoms with E-state index in [4.69, 9.17) is 10.5 Å². The van der Waals surface area contributed by atoms with Crippen molar-refractivity contribution >= 4 is 15.5 Å². The van der Waals surface area contributed by atoms with Crippen molar-refractivity contribution in [2.24, 2.45) is 0 Å². The summed E-state index contributed by atoms with van der Waals surface area (Å²) in [6, 6.07) is 8.94. The van der Waals surface area contributed by atoms with Gasteiger partial charge in [-0.25, -0.2) is 12.8 Å². The third kappa shape index (κ3) is 2.53. The molecule has 0 radical (unpaired) electrons. The third-order valence-electron chi connectivity index (χ3n) is 2.62. The summed E-state index contributed by atoms with van der Waals surface area (Å²) in [5, 5.41) is 0. The van der Waals surface area contributed by atoms with Gasteiger partial charge < -0.3 is 10.5 Å². The normalized spacial score (nSPS) is 11.3. The largest absolute Gasteiger partial charge is 0.495 e. The SMILES string of the molecule is COc1cc(S(=O)(=O)c2cccc(F)c2)ccc1N. The Morgan fingerprint density at radius 1 is 1.11 bits per heavy atom. The van der Waals surface area contributed by atoms with Gasteiger partial charge in [-0.05, 0) is 30.3 Å². The van der Waals surface area contributed by atoms with Crippen molar-refractivity contribution in [3.63, 3.8) is 0 Å². The van der Waals surface area contributed by atoms with E-state index < -0.39 is 15.7 Å². The molecule has 0 aliphatic carbocycles. The zero-order valence-corrected chi connectivity index (χ0v) is 10.9. The van der Waals surface area contributed by atoms with Crippen LogP contribution in [0.15, 0.2) is 52.3 Å². The summed E-state index contributed by atoms with van der Waals surface area (Å²) in [7, 11) is -2.39. The molecule has 0 fully saturated rings. The average Bonchev–Trinajstić information content (AvgIpc) is 2.39. The fraction of sp³-hybridized carbons (Fsp3) is 0.0769. The average molecular weight is 281 g/mol. The van der Waals surface area contributed by atoms with E-state index in [-0.39, 0.29) is 15.5 Å². The molecule has 2 aromatic rings. The Morgan fingerprint density at radius 3 is 2.42 bits per heavy atom. The van der Waals surface area contributed by atoms with Gasteiger partial charge in [0.1, 0.15) is 11.6 Å². The number of nitrogen functional groups attached to an aromatic ring is 1. The minimum Gasteiger partial charge on any atom is -0.495 e. The van der Waals surface area contributed by atoms with E-state index in [0.29, 0.717) is 5.69 Å². The fourth-order valence-electron chi connectivity index (χ4n) is 1.63. The van der Waals surface area contributed by atoms with Crippen molar-refractivity contribution in [3.05, 3.63) is 48.3 Å². The topological polar surface area (TPSA) is 69.4 Å². The van der Waals surface area contributed by atoms with Crippen molar-refractivity contribution in [2.75, 3.05) is 12.8 Å². The molecule has 0 heterocycles. The Hall–Kier alpha value is -2.08. The first-order valence-electron chi connectivity index (χ1n) is 5.39. The maximum atomic E-state index is 13.1. The highest BCUT2D eigenvalue weighted by molar-refractivity contribution is 7.91. The Kier molecular flexibility index (Phi) is 3.44. The standard InChI is InChI=1S/C13H12FNO3S/c1-18-13-8-11(5-6-12(13)15)19(16,17)10-4-2-3-9(14)7-10/h2-8H,15H2,1H3. The monoisotopic (exact) mass is 281 g/mol. The van der Waals surface area contributed by atoms with E-state index in [1.807, 2.05) is 0 Å². The van der Waals surface area contributed by atoms with Crippen LogP contribution in [0.2, 0.25) is 0 Å². The Labute approximate surface area is 110 Å². The van der Waals surface area contributed by atoms with Crippen LogP contribution in [-0.2, 0) is 9.84 Å². The maximum Gasteiger partial charge on any atom is 0.206 e. The van der Waals surface area contributed by atoms with Gasteiger partial charge in [0.25, 0.3) is 0 Å². The number of ether oxygens (including phenoxy) is 1. The highest BCUT2D eigenvalue weighted by Crippen LogP contribution is 2.28. The number of hydrogen-bond acceptors (Lipinski definition) is 4. The Morgan fingerprint density at radius 2 is 1.79 bits per heavy atom. The lowest BCUT2D eigenvalue weighted by atomic mass is 10.3. The van der Waals surface area contributed by atoms with Crippen LogP contribution in [0.25, 0.3) is 0 Å². The van der Waals surface area contributed by atoms with Gasteiger partial charge in [0.15, 0.2) is 0 Å². The van der Waals surface area contributed by atoms with Crippen molar-refractivity contribution < 1.29 is 17.5 Å². The highest BCUT2D eigenvalue weighted by Gasteiger charge is 2.19. The molecule has 19 heavy (non-hydrogen) atoms. The fourth-order valence-corrected chi connectivity index (χ4v) is 2.94. The predicted octanol–water partition coefficient (Wildman–Crippen LogP) is 2.25. The summed E-state index contributed by atoms with van der Waals surface area (Å²) in [5.74, 6) is -0.346. The molecule has 100 valence electrons. The first-order chi connectivity index (χ1) is 8.95. The smallest absolute Gasteiger partial charge is 0.206 e. The lowest BCUT2D eigenvalue weighted by molar-refractivity contribution is 0.415. The summed E-state index contributed by atoms with van der Waals surface area (Å²) in [6.07, 6.45) is 0. The lowest BCUT2D eigenvalue weighted by Crippen LogP contribution is -2.03. The molecule has 0 spiro atoms. The molecule has 2 N–H and O–H groups in total. The van der Waals surface area contributed by atoms with Gasteiger partial charge in [0.05, 0.1) is 22.6 Å². The van der Waals surface area contributed by atoms with Gasteiger partial charge in [-0.3, -0.25) is 0 Å². The summed E-state index contributed by atoms with van der Waals surface area (Å²) in [4.78, 5) is -0.108. The number of hydrogen-bond donors (Lipinski definition) is 1. The van der Waals surface area contributed by atoms with E-state index in [2.05, 4.69) is 0 Å². The van der Waals surface area contributed by atoms with Crippen molar-refractivity contribution in [2.45, 2.75) is 9.79 Å². The van der Waals surface area contributed by atoms with Crippen molar-refractivity contribution in [1.82, 2.24) is 0 Å². The molecule has 0 bridgehead atoms. The van der Waals surface area contributed by atoms with E-state index in [1.54, 1.807) is 0 Å². The zero-order valence-electron chi connectivity index (χ0n) is 10.1. The van der Waals surface area contributed by atoms with E-state index in [1.165, 1.54) is 43.5 Å². The number of benzene rings is 2. The molecule has 0 aliphatic rings. The van der Waals surface area contributed by atoms with Gasteiger partial charge in [-0.2, -0.15) is 0 Å². The molecule has 4 nitrogen and oxygen atoms in total. The predicted molar refractivity (Wildman–Crippen MR) is 69.3 cm³/mol. The number of halogens is 1. The third-order valence-corrected chi connectivity index (χ3v) is 4.37. The molecule has 2 aromatic carbocycles. The van der Waals surface area contributed by atoms with Crippen molar-refractivity contribution in [1.29, 1.82) is 0 Å². The van der Waals surface area contributed by atoms with Crippen LogP contribution in [-0.4, -0.2) is 15.5 Å². The number of methoxy groups -OCH3 is 1. The van der Waals surface area contributed by atoms with Gasteiger partial charge >= 0.3 is 0 Å². The second-order valence-corrected chi connectivity index (χ2v) is 5.81. The summed E-state index contributed by atoms with van der Waals surface area (Å²) >= 11 is 0. The van der Waals surface area contributed by atoms with Crippen LogP contribution in [0.1, 0.15) is 0 Å². The first-order valence-corrected chi connectivity index (χ1v) is 6.87. The van der Waals surface area contributed by atoms with Gasteiger partial charge in [0, 0.05) is 6.07 Å². The van der Waals surface area contributed by atoms with Crippen LogP contribution < -0.4 is 10.5 Å². The van der Waals surface area contributed by atoms with Crippen molar-refractivity contribution in [3.8, 4) is 5.75 Å². The minimum atomic E-state index is -3.79. The molecule has 0 aromatic heterocycles. The number of rotatable bonds is 3. The highest BCUT2D eigenvalue weighted by atomic mass is 32.2. The molecule has 0 atom stereocenters. The first kappa shape index (κ1) is 13.4. The second kappa shape index (κ2) is 4.89. The molecule has 0 aliphatic heterocycles. The number of sulfone groups is 1. The molecular formula is C13H12FNO3S. The second-order valence-electron chi connectivity index (χ2n) is 3.86. The Bertz CT molecular complexity index is 714. The van der Waals surface area contributed by atoms with Crippen LogP contribution in [0.4, 0.5) is 10.1 Å². The molecular weight excluding hydrogens is 269 g/mol. The number of anilines is 1. The molecule has 0 saturated carbocycles. The quantitative estimate of drug-likeness (QED) is 0.876. The van der Waals surface area contributed by atoms with E-state index in [9.17, 15) is 12.8 Å². The van der Waals surface area contributed by atoms with Crippen LogP contribution in [0.3, 0.4) is 0 Å². The summed E-state index contributed by atoms with van der Waals surface area (Å²) in [6.45, 7) is 0. The molecule has 0 amide bonds. The minimum absolute atomic E-state index is 0.00384. The summed E-state index contributed by atoms with van der Waals surface area (Å²) in [5.41, 5.74) is 5.96. The molecule has 2 rings (SSSR count). The van der Waals surface area contributed by atoms with E-state index in [0.717, 1.165) is 6.07 Å². The van der Waals surface area contributed by atoms with Gasteiger partial charge in [0.2, 0.25) is 9.84 Å². The number of nitrogens with two attached hydrogens (primary N) is 1. The van der Waals surface area contributed by atoms with E-state index >= 15 is 0 Å². The lowest BCUT2D eigenvalue weighted by Gasteiger charge is -2.08. The molecule has 0 unspecified atom stereocenters. The van der Waals surface area contributed by atoms with Crippen LogP contribution in [0, 0.1) is 5.82 Å². The van der Waals surface area contributed by atoms with Gasteiger partial charge in [-0.1, -0.05) is 6.07 Å². The maximum absolute atomic E-state index is 13.1.